The first-order valence-electron chi connectivity index (χ1n) is 5.23. The fraction of sp³-hybridized carbons (Fsp3) is 0.417. The standard InChI is InChI=1S/C12H13F2NO/c1-12(5-4-11(16)15-12)7-8-6-9(13)2-3-10(8)14/h2-3,6H,4-5,7H2,1H3,(H,15,16). The van der Waals surface area contributed by atoms with E-state index >= 15 is 0 Å². The van der Waals surface area contributed by atoms with Gasteiger partial charge < -0.3 is 5.32 Å². The van der Waals surface area contributed by atoms with Gasteiger partial charge in [-0.1, -0.05) is 0 Å². The number of hydrogen-bond donors (Lipinski definition) is 1. The molecule has 86 valence electrons. The zero-order valence-corrected chi connectivity index (χ0v) is 9.02. The topological polar surface area (TPSA) is 29.1 Å². The molecule has 0 bridgehead atoms. The largest absolute Gasteiger partial charge is 0.351 e. The Kier molecular flexibility index (Phi) is 2.66. The third kappa shape index (κ3) is 2.21. The first kappa shape index (κ1) is 11.0. The van der Waals surface area contributed by atoms with E-state index in [-0.39, 0.29) is 5.91 Å². The summed E-state index contributed by atoms with van der Waals surface area (Å²) in [4.78, 5) is 11.1. The number of hydrogen-bond acceptors (Lipinski definition) is 1. The van der Waals surface area contributed by atoms with Gasteiger partial charge in [0.2, 0.25) is 5.91 Å². The summed E-state index contributed by atoms with van der Waals surface area (Å²) >= 11 is 0. The molecule has 0 aromatic heterocycles. The fourth-order valence-electron chi connectivity index (χ4n) is 2.08. The first-order valence-corrected chi connectivity index (χ1v) is 5.23. The molecule has 1 aromatic carbocycles. The Morgan fingerprint density at radius 1 is 1.44 bits per heavy atom. The van der Waals surface area contributed by atoms with Gasteiger partial charge in [-0.05, 0) is 43.5 Å². The summed E-state index contributed by atoms with van der Waals surface area (Å²) in [5.74, 6) is -0.910. The van der Waals surface area contributed by atoms with Crippen molar-refractivity contribution >= 4 is 5.91 Å². The van der Waals surface area contributed by atoms with Crippen LogP contribution in [0.25, 0.3) is 0 Å². The van der Waals surface area contributed by atoms with Crippen LogP contribution in [-0.4, -0.2) is 11.4 Å². The Morgan fingerprint density at radius 2 is 2.19 bits per heavy atom. The van der Waals surface area contributed by atoms with Gasteiger partial charge in [-0.2, -0.15) is 0 Å². The van der Waals surface area contributed by atoms with Gasteiger partial charge in [-0.15, -0.1) is 0 Å². The summed E-state index contributed by atoms with van der Waals surface area (Å²) in [6.07, 6.45) is 1.43. The van der Waals surface area contributed by atoms with Crippen LogP contribution in [0.4, 0.5) is 8.78 Å². The second-order valence-corrected chi connectivity index (χ2v) is 4.52. The highest BCUT2D eigenvalue weighted by atomic mass is 19.1. The lowest BCUT2D eigenvalue weighted by molar-refractivity contribution is -0.119. The van der Waals surface area contributed by atoms with E-state index in [0.717, 1.165) is 12.1 Å². The summed E-state index contributed by atoms with van der Waals surface area (Å²) in [7, 11) is 0. The van der Waals surface area contributed by atoms with E-state index in [1.54, 1.807) is 0 Å². The lowest BCUT2D eigenvalue weighted by atomic mass is 9.91. The number of halogens is 2. The normalized spacial score (nSPS) is 24.6. The molecule has 2 rings (SSSR count). The molecular formula is C12H13F2NO. The van der Waals surface area contributed by atoms with Crippen LogP contribution in [0.1, 0.15) is 25.3 Å². The van der Waals surface area contributed by atoms with Crippen LogP contribution in [0, 0.1) is 11.6 Å². The lowest BCUT2D eigenvalue weighted by Crippen LogP contribution is -2.40. The van der Waals surface area contributed by atoms with E-state index in [9.17, 15) is 13.6 Å². The summed E-state index contributed by atoms with van der Waals surface area (Å²) < 4.78 is 26.4. The number of benzene rings is 1. The van der Waals surface area contributed by atoms with Gasteiger partial charge in [-0.25, -0.2) is 8.78 Å². The molecule has 4 heteroatoms. The van der Waals surface area contributed by atoms with Crippen molar-refractivity contribution in [1.82, 2.24) is 5.32 Å². The van der Waals surface area contributed by atoms with E-state index in [1.165, 1.54) is 6.07 Å². The molecule has 1 aromatic rings. The molecule has 1 amide bonds. The monoisotopic (exact) mass is 225 g/mol. The molecule has 1 atom stereocenters. The van der Waals surface area contributed by atoms with Gasteiger partial charge in [-0.3, -0.25) is 4.79 Å². The minimum Gasteiger partial charge on any atom is -0.351 e. The average Bonchev–Trinajstić information content (AvgIpc) is 2.52. The molecule has 16 heavy (non-hydrogen) atoms. The first-order chi connectivity index (χ1) is 7.48. The number of nitrogens with one attached hydrogen (secondary N) is 1. The summed E-state index contributed by atoms with van der Waals surface area (Å²) in [5, 5.41) is 2.80. The third-order valence-corrected chi connectivity index (χ3v) is 2.93. The summed E-state index contributed by atoms with van der Waals surface area (Å²) in [5.41, 5.74) is -0.143. The SMILES string of the molecule is CC1(Cc2cc(F)ccc2F)CCC(=O)N1. The molecule has 1 N–H and O–H groups in total. The molecule has 0 saturated carbocycles. The van der Waals surface area contributed by atoms with Crippen molar-refractivity contribution in [3.05, 3.63) is 35.4 Å². The number of carbonyl (C=O) groups is 1. The second kappa shape index (κ2) is 3.85. The summed E-state index contributed by atoms with van der Waals surface area (Å²) in [6.45, 7) is 1.85. The molecule has 1 fully saturated rings. The molecule has 1 saturated heterocycles. The van der Waals surface area contributed by atoms with Crippen LogP contribution in [0.3, 0.4) is 0 Å². The highest BCUT2D eigenvalue weighted by Crippen LogP contribution is 2.25. The van der Waals surface area contributed by atoms with Gasteiger partial charge >= 0.3 is 0 Å². The maximum atomic E-state index is 13.4. The van der Waals surface area contributed by atoms with Crippen molar-refractivity contribution in [2.75, 3.05) is 0 Å². The van der Waals surface area contributed by atoms with Crippen molar-refractivity contribution in [3.63, 3.8) is 0 Å². The van der Waals surface area contributed by atoms with Crippen molar-refractivity contribution in [1.29, 1.82) is 0 Å². The minimum absolute atomic E-state index is 0.0284. The molecule has 0 spiro atoms. The lowest BCUT2D eigenvalue weighted by Gasteiger charge is -2.24. The van der Waals surface area contributed by atoms with Crippen LogP contribution in [0.2, 0.25) is 0 Å². The highest BCUT2D eigenvalue weighted by Gasteiger charge is 2.33. The van der Waals surface area contributed by atoms with E-state index in [0.29, 0.717) is 24.8 Å². The van der Waals surface area contributed by atoms with Crippen molar-refractivity contribution in [3.8, 4) is 0 Å². The minimum atomic E-state index is -0.454. The molecule has 2 nitrogen and oxygen atoms in total. The number of amides is 1. The van der Waals surface area contributed by atoms with E-state index in [1.807, 2.05) is 6.92 Å². The van der Waals surface area contributed by atoms with Crippen molar-refractivity contribution < 1.29 is 13.6 Å². The zero-order chi connectivity index (χ0) is 11.8. The van der Waals surface area contributed by atoms with Gasteiger partial charge in [0.05, 0.1) is 0 Å². The Bertz CT molecular complexity index is 433. The molecule has 1 unspecified atom stereocenters. The van der Waals surface area contributed by atoms with Gasteiger partial charge in [0, 0.05) is 12.0 Å². The third-order valence-electron chi connectivity index (χ3n) is 2.93. The van der Waals surface area contributed by atoms with Crippen molar-refractivity contribution in [2.45, 2.75) is 31.7 Å². The van der Waals surface area contributed by atoms with E-state index in [4.69, 9.17) is 0 Å². The van der Waals surface area contributed by atoms with Crippen molar-refractivity contribution in [2.24, 2.45) is 0 Å². The molecule has 1 aliphatic rings. The maximum Gasteiger partial charge on any atom is 0.220 e. The van der Waals surface area contributed by atoms with Crippen LogP contribution < -0.4 is 5.32 Å². The average molecular weight is 225 g/mol. The predicted octanol–water partition coefficient (Wildman–Crippen LogP) is 2.18. The van der Waals surface area contributed by atoms with Crippen LogP contribution in [0.5, 0.6) is 0 Å². The fourth-order valence-corrected chi connectivity index (χ4v) is 2.08. The van der Waals surface area contributed by atoms with Gasteiger partial charge in [0.1, 0.15) is 11.6 Å². The zero-order valence-electron chi connectivity index (χ0n) is 9.02. The molecule has 0 aliphatic carbocycles. The quantitative estimate of drug-likeness (QED) is 0.821. The van der Waals surface area contributed by atoms with Crippen LogP contribution in [0.15, 0.2) is 18.2 Å². The predicted molar refractivity (Wildman–Crippen MR) is 55.8 cm³/mol. The van der Waals surface area contributed by atoms with Crippen LogP contribution in [-0.2, 0) is 11.2 Å². The van der Waals surface area contributed by atoms with Crippen LogP contribution >= 0.6 is 0 Å². The second-order valence-electron chi connectivity index (χ2n) is 4.52. The van der Waals surface area contributed by atoms with E-state index < -0.39 is 17.2 Å². The van der Waals surface area contributed by atoms with E-state index in [2.05, 4.69) is 5.32 Å². The molecule has 1 aliphatic heterocycles. The highest BCUT2D eigenvalue weighted by molar-refractivity contribution is 5.79. The molecule has 0 radical (unpaired) electrons. The number of rotatable bonds is 2. The Labute approximate surface area is 92.7 Å². The Morgan fingerprint density at radius 3 is 2.81 bits per heavy atom. The summed E-state index contributed by atoms with van der Waals surface area (Å²) in [6, 6.07) is 3.39. The Hall–Kier alpha value is -1.45. The molecule has 1 heterocycles. The maximum absolute atomic E-state index is 13.4. The smallest absolute Gasteiger partial charge is 0.220 e. The Balaban J connectivity index is 2.20. The van der Waals surface area contributed by atoms with Gasteiger partial charge in [0.25, 0.3) is 0 Å². The molecular weight excluding hydrogens is 212 g/mol. The van der Waals surface area contributed by atoms with Gasteiger partial charge in [0.15, 0.2) is 0 Å². The number of carbonyl (C=O) groups excluding carboxylic acids is 1.